The zero-order chi connectivity index (χ0) is 22.9. The molecule has 1 amide bonds. The van der Waals surface area contributed by atoms with Gasteiger partial charge in [-0.15, -0.1) is 11.3 Å². The predicted molar refractivity (Wildman–Crippen MR) is 125 cm³/mol. The largest absolute Gasteiger partial charge is 0.353 e. The monoisotopic (exact) mass is 466 g/mol. The van der Waals surface area contributed by atoms with Gasteiger partial charge in [0.15, 0.2) is 0 Å². The van der Waals surface area contributed by atoms with Crippen LogP contribution in [0, 0.1) is 18.6 Å². The Bertz CT molecular complexity index is 1320. The molecule has 0 saturated carbocycles. The molecule has 168 valence electrons. The van der Waals surface area contributed by atoms with E-state index in [1.54, 1.807) is 6.20 Å². The summed E-state index contributed by atoms with van der Waals surface area (Å²) in [5.41, 5.74) is 0.660. The lowest BCUT2D eigenvalue weighted by molar-refractivity contribution is 0.102. The zero-order valence-electron chi connectivity index (χ0n) is 17.8. The average molecular weight is 467 g/mol. The summed E-state index contributed by atoms with van der Waals surface area (Å²) in [6.45, 7) is 4.93. The van der Waals surface area contributed by atoms with E-state index in [-0.39, 0.29) is 5.69 Å². The normalized spacial score (nSPS) is 14.0. The maximum atomic E-state index is 14.0. The van der Waals surface area contributed by atoms with E-state index in [0.717, 1.165) is 60.9 Å². The molecule has 5 rings (SSSR count). The van der Waals surface area contributed by atoms with Gasteiger partial charge >= 0.3 is 0 Å². The molecule has 0 bridgehead atoms. The summed E-state index contributed by atoms with van der Waals surface area (Å²) < 4.78 is 27.2. The van der Waals surface area contributed by atoms with Gasteiger partial charge in [0.05, 0.1) is 16.0 Å². The second-order valence-electron chi connectivity index (χ2n) is 7.67. The molecule has 1 aliphatic rings. The van der Waals surface area contributed by atoms with Crippen molar-refractivity contribution < 1.29 is 13.6 Å². The minimum absolute atomic E-state index is 0.0739. The fourth-order valence-electron chi connectivity index (χ4n) is 3.97. The number of rotatable bonds is 4. The van der Waals surface area contributed by atoms with Crippen LogP contribution in [-0.2, 0) is 0 Å². The highest BCUT2D eigenvalue weighted by Crippen LogP contribution is 2.36. The Morgan fingerprint density at radius 2 is 1.82 bits per heavy atom. The highest BCUT2D eigenvalue weighted by atomic mass is 32.1. The van der Waals surface area contributed by atoms with Crippen LogP contribution in [-0.4, -0.2) is 47.0 Å². The summed E-state index contributed by atoms with van der Waals surface area (Å²) in [4.78, 5) is 31.7. The molecule has 33 heavy (non-hydrogen) atoms. The van der Waals surface area contributed by atoms with Gasteiger partial charge in [-0.25, -0.2) is 23.7 Å². The number of hydrogen-bond donors (Lipinski definition) is 1. The molecule has 4 aromatic rings. The lowest BCUT2D eigenvalue weighted by Crippen LogP contribution is -2.47. The molecule has 0 atom stereocenters. The van der Waals surface area contributed by atoms with Gasteiger partial charge < -0.3 is 15.1 Å². The fourth-order valence-corrected chi connectivity index (χ4v) is 5.01. The van der Waals surface area contributed by atoms with Gasteiger partial charge in [0.2, 0.25) is 0 Å². The van der Waals surface area contributed by atoms with Crippen LogP contribution < -0.4 is 15.1 Å². The van der Waals surface area contributed by atoms with E-state index < -0.39 is 17.5 Å². The van der Waals surface area contributed by atoms with Crippen molar-refractivity contribution in [3.05, 3.63) is 71.0 Å². The molecule has 0 aliphatic carbocycles. The summed E-state index contributed by atoms with van der Waals surface area (Å²) in [5, 5.41) is 3.35. The molecular weight excluding hydrogens is 446 g/mol. The summed E-state index contributed by atoms with van der Waals surface area (Å²) in [7, 11) is 0. The molecule has 1 N–H and O–H groups in total. The van der Waals surface area contributed by atoms with Crippen molar-refractivity contribution >= 4 is 44.8 Å². The third kappa shape index (κ3) is 4.09. The number of carbonyl (C=O) groups is 1. The van der Waals surface area contributed by atoms with Gasteiger partial charge in [-0.3, -0.25) is 4.79 Å². The Morgan fingerprint density at radius 1 is 1.03 bits per heavy atom. The molecule has 0 radical (unpaired) electrons. The summed E-state index contributed by atoms with van der Waals surface area (Å²) in [6, 6.07) is 8.91. The highest BCUT2D eigenvalue weighted by Gasteiger charge is 2.25. The molecule has 4 heterocycles. The first-order chi connectivity index (χ1) is 16.0. The molecule has 1 saturated heterocycles. The van der Waals surface area contributed by atoms with Crippen LogP contribution >= 0.6 is 11.3 Å². The van der Waals surface area contributed by atoms with Gasteiger partial charge in [-0.05, 0) is 36.8 Å². The van der Waals surface area contributed by atoms with Crippen molar-refractivity contribution in [3.8, 4) is 0 Å². The number of carbonyl (C=O) groups excluding carboxylic acids is 1. The van der Waals surface area contributed by atoms with Crippen LogP contribution in [0.2, 0.25) is 0 Å². The van der Waals surface area contributed by atoms with Crippen molar-refractivity contribution in [2.75, 3.05) is 41.3 Å². The van der Waals surface area contributed by atoms with Gasteiger partial charge in [0.25, 0.3) is 5.91 Å². The van der Waals surface area contributed by atoms with E-state index in [9.17, 15) is 13.6 Å². The van der Waals surface area contributed by atoms with Crippen molar-refractivity contribution in [2.45, 2.75) is 6.92 Å². The quantitative estimate of drug-likeness (QED) is 0.485. The van der Waals surface area contributed by atoms with Crippen LogP contribution in [0.4, 0.5) is 26.1 Å². The van der Waals surface area contributed by atoms with Crippen molar-refractivity contribution in [1.29, 1.82) is 0 Å². The molecule has 7 nitrogen and oxygen atoms in total. The zero-order valence-corrected chi connectivity index (χ0v) is 18.6. The van der Waals surface area contributed by atoms with Crippen molar-refractivity contribution in [2.24, 2.45) is 0 Å². The Balaban J connectivity index is 1.40. The first kappa shape index (κ1) is 21.2. The number of pyridine rings is 1. The van der Waals surface area contributed by atoms with Crippen molar-refractivity contribution in [3.63, 3.8) is 0 Å². The highest BCUT2D eigenvalue weighted by molar-refractivity contribution is 7.20. The fraction of sp³-hybridized carbons (Fsp3) is 0.217. The molecule has 0 spiro atoms. The number of nitrogens with zero attached hydrogens (tertiary/aromatic N) is 5. The minimum atomic E-state index is -0.826. The number of anilines is 3. The van der Waals surface area contributed by atoms with Gasteiger partial charge in [-0.1, -0.05) is 6.07 Å². The number of aromatic nitrogens is 3. The van der Waals surface area contributed by atoms with Gasteiger partial charge in [0, 0.05) is 38.4 Å². The molecule has 0 unspecified atom stereocenters. The third-order valence-corrected chi connectivity index (χ3v) is 6.84. The molecule has 1 aliphatic heterocycles. The summed E-state index contributed by atoms with van der Waals surface area (Å²) in [5.74, 6) is -0.267. The number of fused-ring (bicyclic) bond motifs is 1. The smallest absolute Gasteiger partial charge is 0.266 e. The van der Waals surface area contributed by atoms with Gasteiger partial charge in [0.1, 0.15) is 34.4 Å². The van der Waals surface area contributed by atoms with E-state index in [1.807, 2.05) is 25.1 Å². The molecular formula is C23H20F2N6OS. The maximum absolute atomic E-state index is 14.0. The number of amides is 1. The Labute approximate surface area is 192 Å². The number of piperazine rings is 1. The number of thiophene rings is 1. The van der Waals surface area contributed by atoms with Crippen LogP contribution in [0.25, 0.3) is 10.2 Å². The number of benzene rings is 1. The molecule has 1 fully saturated rings. The van der Waals surface area contributed by atoms with Crippen LogP contribution in [0.3, 0.4) is 0 Å². The van der Waals surface area contributed by atoms with Crippen molar-refractivity contribution in [1.82, 2.24) is 15.0 Å². The average Bonchev–Trinajstić information content (AvgIpc) is 3.18. The van der Waals surface area contributed by atoms with E-state index in [4.69, 9.17) is 0 Å². The second kappa shape index (κ2) is 8.70. The second-order valence-corrected chi connectivity index (χ2v) is 8.67. The first-order valence-corrected chi connectivity index (χ1v) is 11.2. The lowest BCUT2D eigenvalue weighted by Gasteiger charge is -2.36. The standard InChI is InChI=1S/C23H20F2N6OS/c1-14-19-21(31-10-8-30(9-11-31)18-4-2-3-7-26-18)27-13-28-23(19)33-20(14)22(32)29-17-6-5-15(24)12-16(17)25/h2-7,12-13H,8-11H2,1H3,(H,29,32). The number of aryl methyl sites for hydroxylation is 1. The number of halogens is 2. The predicted octanol–water partition coefficient (Wildman–Crippen LogP) is 4.25. The molecule has 3 aromatic heterocycles. The summed E-state index contributed by atoms with van der Waals surface area (Å²) in [6.07, 6.45) is 3.29. The minimum Gasteiger partial charge on any atom is -0.353 e. The lowest BCUT2D eigenvalue weighted by atomic mass is 10.1. The van der Waals surface area contributed by atoms with E-state index in [1.165, 1.54) is 23.7 Å². The van der Waals surface area contributed by atoms with E-state index >= 15 is 0 Å². The van der Waals surface area contributed by atoms with E-state index in [0.29, 0.717) is 9.71 Å². The Morgan fingerprint density at radius 3 is 2.55 bits per heavy atom. The first-order valence-electron chi connectivity index (χ1n) is 10.4. The van der Waals surface area contributed by atoms with Crippen LogP contribution in [0.5, 0.6) is 0 Å². The van der Waals surface area contributed by atoms with E-state index in [2.05, 4.69) is 30.1 Å². The summed E-state index contributed by atoms with van der Waals surface area (Å²) >= 11 is 1.23. The van der Waals surface area contributed by atoms with Crippen LogP contribution in [0.1, 0.15) is 15.2 Å². The Hall–Kier alpha value is -3.66. The Kier molecular flexibility index (Phi) is 5.59. The maximum Gasteiger partial charge on any atom is 0.266 e. The van der Waals surface area contributed by atoms with Crippen LogP contribution in [0.15, 0.2) is 48.9 Å². The number of hydrogen-bond acceptors (Lipinski definition) is 7. The molecule has 10 heteroatoms. The SMILES string of the molecule is Cc1c(C(=O)Nc2ccc(F)cc2F)sc2ncnc(N3CCN(c4ccccn4)CC3)c12. The topological polar surface area (TPSA) is 74.2 Å². The molecule has 1 aromatic carbocycles. The third-order valence-electron chi connectivity index (χ3n) is 5.64. The van der Waals surface area contributed by atoms with Gasteiger partial charge in [-0.2, -0.15) is 0 Å². The number of nitrogens with one attached hydrogen (secondary N) is 1.